The van der Waals surface area contributed by atoms with E-state index in [9.17, 15) is 9.18 Å². The molecule has 2 rings (SSSR count). The summed E-state index contributed by atoms with van der Waals surface area (Å²) in [6.45, 7) is 0. The molecule has 0 fully saturated rings. The molecule has 0 bridgehead atoms. The highest BCUT2D eigenvalue weighted by Crippen LogP contribution is 2.20. The molecule has 1 aromatic carbocycles. The fourth-order valence-electron chi connectivity index (χ4n) is 1.10. The molecule has 0 N–H and O–H groups in total. The van der Waals surface area contributed by atoms with Gasteiger partial charge in [-0.3, -0.25) is 4.79 Å². The molecule has 16 heavy (non-hydrogen) atoms. The van der Waals surface area contributed by atoms with Gasteiger partial charge in [0.2, 0.25) is 0 Å². The highest BCUT2D eigenvalue weighted by molar-refractivity contribution is 8.01. The number of Topliss-reactive ketones (excluding diaryl/α,β-unsaturated/α-hetero) is 1. The average molecular weight is 254 g/mol. The normalized spacial score (nSPS) is 10.3. The lowest BCUT2D eigenvalue weighted by atomic mass is 10.1. The standard InChI is InChI=1S/C10H7FN2OS2/c11-8-3-1-2-7(4-8)9(14)5-15-10-13-12-6-16-10/h1-4,6H,5H2. The predicted octanol–water partition coefficient (Wildman–Crippen LogP) is 2.65. The van der Waals surface area contributed by atoms with Crippen molar-refractivity contribution in [1.82, 2.24) is 10.2 Å². The summed E-state index contributed by atoms with van der Waals surface area (Å²) in [7, 11) is 0. The summed E-state index contributed by atoms with van der Waals surface area (Å²) in [5, 5.41) is 7.47. The van der Waals surface area contributed by atoms with E-state index in [4.69, 9.17) is 0 Å². The van der Waals surface area contributed by atoms with Crippen molar-refractivity contribution in [3.8, 4) is 0 Å². The quantitative estimate of drug-likeness (QED) is 0.621. The van der Waals surface area contributed by atoms with Crippen molar-refractivity contribution in [2.24, 2.45) is 0 Å². The number of benzene rings is 1. The highest BCUT2D eigenvalue weighted by atomic mass is 32.2. The van der Waals surface area contributed by atoms with Gasteiger partial charge in [-0.15, -0.1) is 10.2 Å². The number of aromatic nitrogens is 2. The molecule has 82 valence electrons. The van der Waals surface area contributed by atoms with Crippen molar-refractivity contribution in [3.63, 3.8) is 0 Å². The average Bonchev–Trinajstić information content (AvgIpc) is 2.78. The van der Waals surface area contributed by atoms with Crippen LogP contribution in [0.5, 0.6) is 0 Å². The third kappa shape index (κ3) is 2.86. The molecule has 3 nitrogen and oxygen atoms in total. The van der Waals surface area contributed by atoms with Crippen molar-refractivity contribution in [3.05, 3.63) is 41.2 Å². The molecular formula is C10H7FN2OS2. The van der Waals surface area contributed by atoms with Crippen molar-refractivity contribution >= 4 is 28.9 Å². The summed E-state index contributed by atoms with van der Waals surface area (Å²) in [5.41, 5.74) is 1.99. The van der Waals surface area contributed by atoms with Gasteiger partial charge in [-0.25, -0.2) is 4.39 Å². The zero-order chi connectivity index (χ0) is 11.4. The lowest BCUT2D eigenvalue weighted by Crippen LogP contribution is -2.02. The minimum atomic E-state index is -0.397. The molecule has 0 aliphatic heterocycles. The topological polar surface area (TPSA) is 42.9 Å². The summed E-state index contributed by atoms with van der Waals surface area (Å²) in [6, 6.07) is 5.68. The second-order valence-electron chi connectivity index (χ2n) is 2.93. The fraction of sp³-hybridized carbons (Fsp3) is 0.100. The van der Waals surface area contributed by atoms with E-state index in [1.54, 1.807) is 11.6 Å². The molecule has 6 heteroatoms. The van der Waals surface area contributed by atoms with E-state index in [2.05, 4.69) is 10.2 Å². The number of hydrogen-bond donors (Lipinski definition) is 0. The summed E-state index contributed by atoms with van der Waals surface area (Å²) in [4.78, 5) is 11.7. The van der Waals surface area contributed by atoms with Crippen LogP contribution < -0.4 is 0 Å². The third-order valence-corrected chi connectivity index (χ3v) is 3.67. The molecule has 0 aliphatic rings. The molecule has 0 spiro atoms. The predicted molar refractivity (Wildman–Crippen MR) is 61.4 cm³/mol. The minimum Gasteiger partial charge on any atom is -0.293 e. The number of carbonyl (C=O) groups is 1. The largest absolute Gasteiger partial charge is 0.293 e. The Bertz CT molecular complexity index is 487. The fourth-order valence-corrected chi connectivity index (χ4v) is 2.48. The molecule has 0 aliphatic carbocycles. The van der Waals surface area contributed by atoms with Crippen LogP contribution in [0.2, 0.25) is 0 Å². The number of nitrogens with zero attached hydrogens (tertiary/aromatic N) is 2. The van der Waals surface area contributed by atoms with Gasteiger partial charge in [0.25, 0.3) is 0 Å². The van der Waals surface area contributed by atoms with Gasteiger partial charge in [0.1, 0.15) is 11.3 Å². The van der Waals surface area contributed by atoms with Crippen LogP contribution in [0.25, 0.3) is 0 Å². The summed E-state index contributed by atoms with van der Waals surface area (Å²) in [6.07, 6.45) is 0. The van der Waals surface area contributed by atoms with Crippen LogP contribution in [0.4, 0.5) is 4.39 Å². The molecule has 0 saturated heterocycles. The first-order chi connectivity index (χ1) is 7.75. The molecule has 0 amide bonds. The maximum Gasteiger partial charge on any atom is 0.174 e. The van der Waals surface area contributed by atoms with Crippen molar-refractivity contribution in [2.75, 3.05) is 5.75 Å². The molecule has 1 aromatic heterocycles. The molecular weight excluding hydrogens is 247 g/mol. The lowest BCUT2D eigenvalue weighted by molar-refractivity contribution is 0.102. The number of hydrogen-bond acceptors (Lipinski definition) is 5. The molecule has 0 atom stereocenters. The Kier molecular flexibility index (Phi) is 3.63. The van der Waals surface area contributed by atoms with E-state index in [0.29, 0.717) is 5.56 Å². The van der Waals surface area contributed by atoms with Crippen LogP contribution in [0.3, 0.4) is 0 Å². The van der Waals surface area contributed by atoms with Gasteiger partial charge in [0, 0.05) is 5.56 Å². The maximum absolute atomic E-state index is 12.9. The highest BCUT2D eigenvalue weighted by Gasteiger charge is 2.08. The van der Waals surface area contributed by atoms with Crippen LogP contribution in [-0.4, -0.2) is 21.7 Å². The van der Waals surface area contributed by atoms with Gasteiger partial charge in [-0.05, 0) is 12.1 Å². The van der Waals surface area contributed by atoms with Gasteiger partial charge in [-0.1, -0.05) is 35.2 Å². The van der Waals surface area contributed by atoms with Crippen molar-refractivity contribution in [2.45, 2.75) is 4.34 Å². The molecule has 1 heterocycles. The molecule has 2 aromatic rings. The number of halogens is 1. The van der Waals surface area contributed by atoms with Gasteiger partial charge in [0.15, 0.2) is 10.1 Å². The Morgan fingerprint density at radius 3 is 3.06 bits per heavy atom. The van der Waals surface area contributed by atoms with Gasteiger partial charge >= 0.3 is 0 Å². The zero-order valence-corrected chi connectivity index (χ0v) is 9.72. The number of thioether (sulfide) groups is 1. The first-order valence-corrected chi connectivity index (χ1v) is 6.30. The van der Waals surface area contributed by atoms with Crippen LogP contribution >= 0.6 is 23.1 Å². The Morgan fingerprint density at radius 1 is 1.50 bits per heavy atom. The van der Waals surface area contributed by atoms with Gasteiger partial charge < -0.3 is 0 Å². The van der Waals surface area contributed by atoms with E-state index >= 15 is 0 Å². The Hall–Kier alpha value is -1.27. The SMILES string of the molecule is O=C(CSc1nncs1)c1cccc(F)c1. The summed E-state index contributed by atoms with van der Waals surface area (Å²) in [5.74, 6) is -0.259. The van der Waals surface area contributed by atoms with Crippen LogP contribution in [0, 0.1) is 5.82 Å². The molecule has 0 unspecified atom stereocenters. The Balaban J connectivity index is 1.98. The number of rotatable bonds is 4. The Labute approximate surface area is 99.7 Å². The third-order valence-electron chi connectivity index (χ3n) is 1.81. The van der Waals surface area contributed by atoms with Gasteiger partial charge in [-0.2, -0.15) is 0 Å². The maximum atomic E-state index is 12.9. The second kappa shape index (κ2) is 5.18. The van der Waals surface area contributed by atoms with E-state index in [1.807, 2.05) is 0 Å². The lowest BCUT2D eigenvalue weighted by Gasteiger charge is -1.98. The van der Waals surface area contributed by atoms with Crippen molar-refractivity contribution < 1.29 is 9.18 Å². The molecule has 0 saturated carbocycles. The first kappa shape index (κ1) is 11.2. The van der Waals surface area contributed by atoms with E-state index in [-0.39, 0.29) is 11.5 Å². The van der Waals surface area contributed by atoms with E-state index in [0.717, 1.165) is 4.34 Å². The molecule has 0 radical (unpaired) electrons. The van der Waals surface area contributed by atoms with Crippen LogP contribution in [0.1, 0.15) is 10.4 Å². The number of carbonyl (C=O) groups excluding carboxylic acids is 1. The monoisotopic (exact) mass is 254 g/mol. The smallest absolute Gasteiger partial charge is 0.174 e. The second-order valence-corrected chi connectivity index (χ2v) is 4.98. The van der Waals surface area contributed by atoms with E-state index in [1.165, 1.54) is 41.3 Å². The van der Waals surface area contributed by atoms with Crippen LogP contribution in [0.15, 0.2) is 34.1 Å². The Morgan fingerprint density at radius 2 is 2.38 bits per heavy atom. The van der Waals surface area contributed by atoms with Crippen LogP contribution in [-0.2, 0) is 0 Å². The first-order valence-electron chi connectivity index (χ1n) is 4.43. The summed E-state index contributed by atoms with van der Waals surface area (Å²) >= 11 is 2.69. The van der Waals surface area contributed by atoms with Crippen molar-refractivity contribution in [1.29, 1.82) is 0 Å². The minimum absolute atomic E-state index is 0.111. The van der Waals surface area contributed by atoms with Gasteiger partial charge in [0.05, 0.1) is 5.75 Å². The summed E-state index contributed by atoms with van der Waals surface area (Å²) < 4.78 is 13.6. The zero-order valence-electron chi connectivity index (χ0n) is 8.09. The number of ketones is 1. The van der Waals surface area contributed by atoms with E-state index < -0.39 is 5.82 Å².